The van der Waals surface area contributed by atoms with Gasteiger partial charge in [-0.05, 0) is 25.5 Å². The molecule has 0 bridgehead atoms. The van der Waals surface area contributed by atoms with E-state index in [1.807, 2.05) is 6.07 Å². The van der Waals surface area contributed by atoms with Crippen LogP contribution in [-0.4, -0.2) is 44.7 Å². The van der Waals surface area contributed by atoms with Crippen LogP contribution in [0.15, 0.2) is 30.3 Å². The highest BCUT2D eigenvalue weighted by Crippen LogP contribution is 2.18. The largest absolute Gasteiger partial charge is 0.375 e. The van der Waals surface area contributed by atoms with E-state index in [0.29, 0.717) is 0 Å². The number of nitrogens with zero attached hydrogens (tertiary/aromatic N) is 1. The van der Waals surface area contributed by atoms with Gasteiger partial charge in [-0.15, -0.1) is 0 Å². The molecule has 1 aliphatic rings. The lowest BCUT2D eigenvalue weighted by atomic mass is 10.1. The highest BCUT2D eigenvalue weighted by molar-refractivity contribution is 5.17. The van der Waals surface area contributed by atoms with Crippen molar-refractivity contribution in [1.29, 1.82) is 0 Å². The summed E-state index contributed by atoms with van der Waals surface area (Å²) in [6.45, 7) is 3.09. The fraction of sp³-hybridized carbons (Fsp3) is 0.600. The average Bonchev–Trinajstić information content (AvgIpc) is 3.21. The van der Waals surface area contributed by atoms with E-state index in [1.54, 1.807) is 7.11 Å². The van der Waals surface area contributed by atoms with E-state index < -0.39 is 0 Å². The van der Waals surface area contributed by atoms with Gasteiger partial charge in [0.05, 0.1) is 6.10 Å². The Labute approximate surface area is 110 Å². The fourth-order valence-electron chi connectivity index (χ4n) is 2.11. The van der Waals surface area contributed by atoms with Crippen LogP contribution < -0.4 is 5.32 Å². The van der Waals surface area contributed by atoms with Crippen LogP contribution in [0.2, 0.25) is 0 Å². The second-order valence-electron chi connectivity index (χ2n) is 5.13. The Balaban J connectivity index is 1.74. The van der Waals surface area contributed by atoms with Crippen molar-refractivity contribution in [2.75, 3.05) is 33.8 Å². The maximum absolute atomic E-state index is 5.58. The standard InChI is InChI=1S/C15H24N2O/c1-17(11-10-16-14-8-9-14)12-15(18-2)13-6-4-3-5-7-13/h3-7,14-16H,8-12H2,1-2H3. The summed E-state index contributed by atoms with van der Waals surface area (Å²) in [5.41, 5.74) is 1.25. The van der Waals surface area contributed by atoms with Crippen molar-refractivity contribution in [3.8, 4) is 0 Å². The van der Waals surface area contributed by atoms with E-state index in [1.165, 1.54) is 18.4 Å². The van der Waals surface area contributed by atoms with Gasteiger partial charge in [-0.3, -0.25) is 0 Å². The monoisotopic (exact) mass is 248 g/mol. The fourth-order valence-corrected chi connectivity index (χ4v) is 2.11. The summed E-state index contributed by atoms with van der Waals surface area (Å²) in [5.74, 6) is 0. The lowest BCUT2D eigenvalue weighted by Gasteiger charge is -2.23. The minimum absolute atomic E-state index is 0.164. The van der Waals surface area contributed by atoms with Crippen molar-refractivity contribution < 1.29 is 4.74 Å². The van der Waals surface area contributed by atoms with Crippen LogP contribution in [0, 0.1) is 0 Å². The van der Waals surface area contributed by atoms with Crippen LogP contribution in [0.4, 0.5) is 0 Å². The molecule has 1 fully saturated rings. The van der Waals surface area contributed by atoms with Crippen LogP contribution in [0.5, 0.6) is 0 Å². The summed E-state index contributed by atoms with van der Waals surface area (Å²) in [6, 6.07) is 11.2. The number of hydrogen-bond acceptors (Lipinski definition) is 3. The number of ether oxygens (including phenoxy) is 1. The first-order chi connectivity index (χ1) is 8.79. The molecule has 100 valence electrons. The van der Waals surface area contributed by atoms with Gasteiger partial charge in [0.25, 0.3) is 0 Å². The van der Waals surface area contributed by atoms with Gasteiger partial charge in [0, 0.05) is 32.8 Å². The molecule has 1 N–H and O–H groups in total. The molecule has 3 nitrogen and oxygen atoms in total. The normalized spacial score (nSPS) is 17.1. The first-order valence-corrected chi connectivity index (χ1v) is 6.79. The van der Waals surface area contributed by atoms with Crippen molar-refractivity contribution in [3.63, 3.8) is 0 Å². The zero-order valence-electron chi connectivity index (χ0n) is 11.4. The molecule has 2 rings (SSSR count). The Morgan fingerprint density at radius 3 is 2.67 bits per heavy atom. The first kappa shape index (κ1) is 13.5. The molecule has 1 unspecified atom stereocenters. The van der Waals surface area contributed by atoms with Crippen LogP contribution >= 0.6 is 0 Å². The Bertz CT molecular complexity index is 338. The molecule has 1 aromatic carbocycles. The molecule has 0 amide bonds. The lowest BCUT2D eigenvalue weighted by molar-refractivity contribution is 0.0718. The third-order valence-electron chi connectivity index (χ3n) is 3.44. The van der Waals surface area contributed by atoms with E-state index in [2.05, 4.69) is 41.5 Å². The number of hydrogen-bond donors (Lipinski definition) is 1. The Kier molecular flexibility index (Phi) is 5.17. The van der Waals surface area contributed by atoms with Crippen molar-refractivity contribution >= 4 is 0 Å². The molecule has 18 heavy (non-hydrogen) atoms. The summed E-state index contributed by atoms with van der Waals surface area (Å²) in [5, 5.41) is 3.54. The summed E-state index contributed by atoms with van der Waals surface area (Å²) >= 11 is 0. The molecule has 1 aromatic rings. The van der Waals surface area contributed by atoms with Crippen LogP contribution in [0.3, 0.4) is 0 Å². The molecular formula is C15H24N2O. The third-order valence-corrected chi connectivity index (χ3v) is 3.44. The zero-order valence-corrected chi connectivity index (χ0v) is 11.4. The summed E-state index contributed by atoms with van der Waals surface area (Å²) in [7, 11) is 3.94. The lowest BCUT2D eigenvalue weighted by Crippen LogP contribution is -2.33. The Hall–Kier alpha value is -0.900. The third kappa shape index (κ3) is 4.41. The minimum atomic E-state index is 0.164. The van der Waals surface area contributed by atoms with Crippen LogP contribution in [0.1, 0.15) is 24.5 Å². The van der Waals surface area contributed by atoms with Crippen molar-refractivity contribution in [3.05, 3.63) is 35.9 Å². The van der Waals surface area contributed by atoms with Crippen molar-refractivity contribution in [2.24, 2.45) is 0 Å². The molecule has 0 radical (unpaired) electrons. The van der Waals surface area contributed by atoms with E-state index >= 15 is 0 Å². The molecule has 0 spiro atoms. The van der Waals surface area contributed by atoms with E-state index in [0.717, 1.165) is 25.7 Å². The minimum Gasteiger partial charge on any atom is -0.375 e. The van der Waals surface area contributed by atoms with Gasteiger partial charge in [0.2, 0.25) is 0 Å². The molecule has 1 atom stereocenters. The zero-order chi connectivity index (χ0) is 12.8. The van der Waals surface area contributed by atoms with Crippen molar-refractivity contribution in [1.82, 2.24) is 10.2 Å². The first-order valence-electron chi connectivity index (χ1n) is 6.79. The predicted octanol–water partition coefficient (Wildman–Crippen LogP) is 2.06. The number of benzene rings is 1. The maximum Gasteiger partial charge on any atom is 0.0947 e. The molecule has 3 heteroatoms. The van der Waals surface area contributed by atoms with Gasteiger partial charge < -0.3 is 15.0 Å². The van der Waals surface area contributed by atoms with Crippen LogP contribution in [0.25, 0.3) is 0 Å². The highest BCUT2D eigenvalue weighted by Gasteiger charge is 2.20. The maximum atomic E-state index is 5.58. The van der Waals surface area contributed by atoms with Gasteiger partial charge >= 0.3 is 0 Å². The Morgan fingerprint density at radius 1 is 1.33 bits per heavy atom. The number of methoxy groups -OCH3 is 1. The second kappa shape index (κ2) is 6.88. The summed E-state index contributed by atoms with van der Waals surface area (Å²) < 4.78 is 5.58. The smallest absolute Gasteiger partial charge is 0.0947 e. The molecule has 0 saturated heterocycles. The number of likely N-dealkylation sites (N-methyl/N-ethyl adjacent to an activating group) is 1. The molecule has 0 heterocycles. The van der Waals surface area contributed by atoms with Crippen molar-refractivity contribution in [2.45, 2.75) is 25.0 Å². The van der Waals surface area contributed by atoms with Gasteiger partial charge in [0.1, 0.15) is 0 Å². The average molecular weight is 248 g/mol. The molecule has 0 aromatic heterocycles. The van der Waals surface area contributed by atoms with Crippen LogP contribution in [-0.2, 0) is 4.74 Å². The van der Waals surface area contributed by atoms with Gasteiger partial charge in [-0.1, -0.05) is 30.3 Å². The highest BCUT2D eigenvalue weighted by atomic mass is 16.5. The van der Waals surface area contributed by atoms with E-state index in [-0.39, 0.29) is 6.10 Å². The number of nitrogens with one attached hydrogen (secondary N) is 1. The predicted molar refractivity (Wildman–Crippen MR) is 74.7 cm³/mol. The Morgan fingerprint density at radius 2 is 2.06 bits per heavy atom. The molecule has 1 aliphatic carbocycles. The quantitative estimate of drug-likeness (QED) is 0.762. The van der Waals surface area contributed by atoms with E-state index in [4.69, 9.17) is 4.74 Å². The molecular weight excluding hydrogens is 224 g/mol. The number of rotatable bonds is 8. The topological polar surface area (TPSA) is 24.5 Å². The van der Waals surface area contributed by atoms with Gasteiger partial charge in [-0.2, -0.15) is 0 Å². The van der Waals surface area contributed by atoms with Gasteiger partial charge in [0.15, 0.2) is 0 Å². The summed E-state index contributed by atoms with van der Waals surface area (Å²) in [6.07, 6.45) is 2.88. The van der Waals surface area contributed by atoms with Gasteiger partial charge in [-0.25, -0.2) is 0 Å². The van der Waals surface area contributed by atoms with E-state index in [9.17, 15) is 0 Å². The molecule has 0 aliphatic heterocycles. The summed E-state index contributed by atoms with van der Waals surface area (Å²) in [4.78, 5) is 2.33. The second-order valence-corrected chi connectivity index (χ2v) is 5.13. The molecule has 1 saturated carbocycles. The SMILES string of the molecule is COC(CN(C)CCNC1CC1)c1ccccc1.